The Kier molecular flexibility index (Phi) is 4.29. The highest BCUT2D eigenvalue weighted by atomic mass is 79.9. The molecule has 1 fully saturated rings. The van der Waals surface area contributed by atoms with Crippen LogP contribution in [0.4, 0.5) is 0 Å². The van der Waals surface area contributed by atoms with Crippen molar-refractivity contribution in [1.29, 1.82) is 0 Å². The van der Waals surface area contributed by atoms with Crippen LogP contribution in [0.15, 0.2) is 28.7 Å². The molecule has 96 valence electrons. The summed E-state index contributed by atoms with van der Waals surface area (Å²) in [6.45, 7) is 0. The van der Waals surface area contributed by atoms with Crippen LogP contribution in [0.5, 0.6) is 0 Å². The minimum atomic E-state index is -0.974. The van der Waals surface area contributed by atoms with Crippen LogP contribution < -0.4 is 5.32 Å². The SMILES string of the molecule is O=C(O)[C@@H]1CS[C@@H](Cc2ccc(Br)cc2)C(=O)N1. The number of aliphatic carboxylic acids is 1. The van der Waals surface area contributed by atoms with E-state index < -0.39 is 12.0 Å². The molecular formula is C12H12BrNO3S. The van der Waals surface area contributed by atoms with Gasteiger partial charge in [0.25, 0.3) is 0 Å². The Hall–Kier alpha value is -1.01. The molecule has 2 N–H and O–H groups in total. The van der Waals surface area contributed by atoms with E-state index in [1.54, 1.807) is 0 Å². The molecule has 4 nitrogen and oxygen atoms in total. The fourth-order valence-corrected chi connectivity index (χ4v) is 3.16. The molecule has 0 unspecified atom stereocenters. The topological polar surface area (TPSA) is 66.4 Å². The highest BCUT2D eigenvalue weighted by Crippen LogP contribution is 2.22. The van der Waals surface area contributed by atoms with E-state index in [1.165, 1.54) is 11.8 Å². The maximum absolute atomic E-state index is 11.8. The molecule has 1 amide bonds. The average molecular weight is 330 g/mol. The van der Waals surface area contributed by atoms with Gasteiger partial charge in [0.15, 0.2) is 0 Å². The van der Waals surface area contributed by atoms with Crippen LogP contribution in [0.2, 0.25) is 0 Å². The van der Waals surface area contributed by atoms with Crippen molar-refractivity contribution >= 4 is 39.6 Å². The lowest BCUT2D eigenvalue weighted by atomic mass is 10.1. The van der Waals surface area contributed by atoms with Gasteiger partial charge in [0.1, 0.15) is 6.04 Å². The van der Waals surface area contributed by atoms with Crippen LogP contribution in [0, 0.1) is 0 Å². The Morgan fingerprint density at radius 1 is 1.44 bits per heavy atom. The predicted octanol–water partition coefficient (Wildman–Crippen LogP) is 1.68. The minimum Gasteiger partial charge on any atom is -0.480 e. The molecule has 0 bridgehead atoms. The first-order chi connectivity index (χ1) is 8.56. The molecule has 0 aliphatic carbocycles. The Morgan fingerprint density at radius 2 is 2.11 bits per heavy atom. The highest BCUT2D eigenvalue weighted by Gasteiger charge is 2.32. The van der Waals surface area contributed by atoms with E-state index in [9.17, 15) is 9.59 Å². The van der Waals surface area contributed by atoms with Gasteiger partial charge in [0, 0.05) is 10.2 Å². The molecule has 1 aliphatic heterocycles. The summed E-state index contributed by atoms with van der Waals surface area (Å²) in [5.74, 6) is -0.748. The van der Waals surface area contributed by atoms with Gasteiger partial charge in [0.05, 0.1) is 5.25 Å². The highest BCUT2D eigenvalue weighted by molar-refractivity contribution is 9.10. The van der Waals surface area contributed by atoms with Crippen molar-refractivity contribution in [3.63, 3.8) is 0 Å². The summed E-state index contributed by atoms with van der Waals surface area (Å²) < 4.78 is 0.998. The summed E-state index contributed by atoms with van der Waals surface area (Å²) >= 11 is 4.76. The first kappa shape index (κ1) is 13.4. The van der Waals surface area contributed by atoms with E-state index in [4.69, 9.17) is 5.11 Å². The van der Waals surface area contributed by atoms with E-state index in [2.05, 4.69) is 21.2 Å². The lowest BCUT2D eigenvalue weighted by Crippen LogP contribution is -2.51. The van der Waals surface area contributed by atoms with Crippen LogP contribution in [-0.2, 0) is 16.0 Å². The Labute approximate surface area is 117 Å². The van der Waals surface area contributed by atoms with Crippen LogP contribution in [0.3, 0.4) is 0 Å². The van der Waals surface area contributed by atoms with E-state index >= 15 is 0 Å². The Morgan fingerprint density at radius 3 is 2.67 bits per heavy atom. The molecular weight excluding hydrogens is 318 g/mol. The fraction of sp³-hybridized carbons (Fsp3) is 0.333. The zero-order chi connectivity index (χ0) is 13.1. The second kappa shape index (κ2) is 5.75. The molecule has 2 rings (SSSR count). The summed E-state index contributed by atoms with van der Waals surface area (Å²) in [6.07, 6.45) is 0.621. The number of nitrogens with one attached hydrogen (secondary N) is 1. The number of benzene rings is 1. The summed E-state index contributed by atoms with van der Waals surface area (Å²) in [5.41, 5.74) is 1.07. The average Bonchev–Trinajstić information content (AvgIpc) is 2.34. The number of hydrogen-bond donors (Lipinski definition) is 2. The lowest BCUT2D eigenvalue weighted by molar-refractivity contribution is -0.141. The number of hydrogen-bond acceptors (Lipinski definition) is 3. The molecule has 1 aromatic rings. The Bertz CT molecular complexity index is 463. The smallest absolute Gasteiger partial charge is 0.327 e. The molecule has 1 aromatic carbocycles. The van der Waals surface area contributed by atoms with Crippen molar-refractivity contribution in [3.05, 3.63) is 34.3 Å². The molecule has 1 heterocycles. The number of carbonyl (C=O) groups is 2. The van der Waals surface area contributed by atoms with E-state index in [0.717, 1.165) is 10.0 Å². The van der Waals surface area contributed by atoms with Gasteiger partial charge in [-0.2, -0.15) is 0 Å². The van der Waals surface area contributed by atoms with Gasteiger partial charge < -0.3 is 10.4 Å². The van der Waals surface area contributed by atoms with E-state index in [0.29, 0.717) is 12.2 Å². The molecule has 6 heteroatoms. The first-order valence-electron chi connectivity index (χ1n) is 5.45. The minimum absolute atomic E-state index is 0.193. The number of thioether (sulfide) groups is 1. The number of carboxylic acids is 1. The van der Waals surface area contributed by atoms with Crippen molar-refractivity contribution in [2.75, 3.05) is 5.75 Å². The number of halogens is 1. The summed E-state index contributed by atoms with van der Waals surface area (Å²) in [6, 6.07) is 7.02. The monoisotopic (exact) mass is 329 g/mol. The maximum atomic E-state index is 11.8. The van der Waals surface area contributed by atoms with Gasteiger partial charge in [-0.3, -0.25) is 4.79 Å². The molecule has 1 saturated heterocycles. The molecule has 0 radical (unpaired) electrons. The third-order valence-corrected chi connectivity index (χ3v) is 4.54. The number of carboxylic acid groups (broad SMARTS) is 1. The van der Waals surface area contributed by atoms with Gasteiger partial charge >= 0.3 is 5.97 Å². The summed E-state index contributed by atoms with van der Waals surface area (Å²) in [7, 11) is 0. The van der Waals surface area contributed by atoms with Crippen LogP contribution in [0.25, 0.3) is 0 Å². The molecule has 0 saturated carbocycles. The van der Waals surface area contributed by atoms with Crippen molar-refractivity contribution in [2.24, 2.45) is 0 Å². The molecule has 0 aromatic heterocycles. The second-order valence-electron chi connectivity index (χ2n) is 4.05. The molecule has 0 spiro atoms. The fourth-order valence-electron chi connectivity index (χ4n) is 1.71. The van der Waals surface area contributed by atoms with Gasteiger partial charge in [-0.25, -0.2) is 4.79 Å². The zero-order valence-corrected chi connectivity index (χ0v) is 11.8. The standard InChI is InChI=1S/C12H12BrNO3S/c13-8-3-1-7(2-4-8)5-10-11(15)14-9(6-18-10)12(16)17/h1-4,9-10H,5-6H2,(H,14,15)(H,16,17)/t9-,10-/m0/s1. The van der Waals surface area contributed by atoms with Gasteiger partial charge in [0.2, 0.25) is 5.91 Å². The van der Waals surface area contributed by atoms with Crippen molar-refractivity contribution in [3.8, 4) is 0 Å². The second-order valence-corrected chi connectivity index (χ2v) is 6.20. The normalized spacial score (nSPS) is 23.5. The zero-order valence-electron chi connectivity index (χ0n) is 9.43. The van der Waals surface area contributed by atoms with Crippen LogP contribution >= 0.6 is 27.7 Å². The predicted molar refractivity (Wildman–Crippen MR) is 73.7 cm³/mol. The van der Waals surface area contributed by atoms with Gasteiger partial charge in [-0.1, -0.05) is 28.1 Å². The molecule has 1 aliphatic rings. The maximum Gasteiger partial charge on any atom is 0.327 e. The molecule has 18 heavy (non-hydrogen) atoms. The van der Waals surface area contributed by atoms with E-state index in [1.807, 2.05) is 24.3 Å². The molecule has 2 atom stereocenters. The van der Waals surface area contributed by atoms with Gasteiger partial charge in [-0.05, 0) is 24.1 Å². The summed E-state index contributed by atoms with van der Waals surface area (Å²) in [5, 5.41) is 11.2. The largest absolute Gasteiger partial charge is 0.480 e. The Balaban J connectivity index is 1.97. The van der Waals surface area contributed by atoms with E-state index in [-0.39, 0.29) is 11.2 Å². The quantitative estimate of drug-likeness (QED) is 0.885. The van der Waals surface area contributed by atoms with Crippen LogP contribution in [-0.4, -0.2) is 34.0 Å². The third-order valence-electron chi connectivity index (χ3n) is 2.71. The lowest BCUT2D eigenvalue weighted by Gasteiger charge is -2.26. The summed E-state index contributed by atoms with van der Waals surface area (Å²) in [4.78, 5) is 22.5. The number of rotatable bonds is 3. The number of amides is 1. The van der Waals surface area contributed by atoms with Crippen molar-refractivity contribution in [1.82, 2.24) is 5.32 Å². The van der Waals surface area contributed by atoms with Crippen molar-refractivity contribution in [2.45, 2.75) is 17.7 Å². The van der Waals surface area contributed by atoms with Gasteiger partial charge in [-0.15, -0.1) is 11.8 Å². The first-order valence-corrected chi connectivity index (χ1v) is 7.29. The number of carbonyl (C=O) groups excluding carboxylic acids is 1. The van der Waals surface area contributed by atoms with Crippen LogP contribution in [0.1, 0.15) is 5.56 Å². The van der Waals surface area contributed by atoms with Crippen molar-refractivity contribution < 1.29 is 14.7 Å². The third kappa shape index (κ3) is 3.26.